The third-order valence-corrected chi connectivity index (χ3v) is 2.91. The van der Waals surface area contributed by atoms with E-state index in [9.17, 15) is 4.79 Å². The van der Waals surface area contributed by atoms with E-state index in [1.54, 1.807) is 24.3 Å². The summed E-state index contributed by atoms with van der Waals surface area (Å²) in [5.41, 5.74) is 7.47. The van der Waals surface area contributed by atoms with Crippen molar-refractivity contribution in [3.8, 4) is 11.8 Å². The van der Waals surface area contributed by atoms with E-state index in [4.69, 9.17) is 20.8 Å². The zero-order valence-electron chi connectivity index (χ0n) is 10.8. The van der Waals surface area contributed by atoms with Crippen molar-refractivity contribution < 1.29 is 14.6 Å². The van der Waals surface area contributed by atoms with Crippen LogP contribution < -0.4 is 5.73 Å². The molecule has 0 fully saturated rings. The number of carbonyl (C=O) groups excluding carboxylic acids is 1. The lowest BCUT2D eigenvalue weighted by atomic mass is 10.2. The molecule has 0 radical (unpaired) electrons. The predicted molar refractivity (Wildman–Crippen MR) is 72.2 cm³/mol. The second-order valence-corrected chi connectivity index (χ2v) is 4.11. The number of esters is 1. The number of hydrogen-bond donors (Lipinski definition) is 2. The van der Waals surface area contributed by atoms with Crippen molar-refractivity contribution in [2.24, 2.45) is 0 Å². The molecule has 0 amide bonds. The molecule has 1 aromatic heterocycles. The molecule has 0 spiro atoms. The number of nitrogens with zero attached hydrogens (tertiary/aromatic N) is 2. The van der Waals surface area contributed by atoms with Crippen LogP contribution in [0.15, 0.2) is 30.5 Å². The number of carbonyl (C=O) groups is 1. The van der Waals surface area contributed by atoms with Crippen LogP contribution in [0.25, 0.3) is 5.69 Å². The Kier molecular flexibility index (Phi) is 3.73. The molecular formula is C14H13N3O3. The van der Waals surface area contributed by atoms with Gasteiger partial charge in [-0.05, 0) is 17.7 Å². The summed E-state index contributed by atoms with van der Waals surface area (Å²) in [6.45, 7) is -0.122. The smallest absolute Gasteiger partial charge is 0.357 e. The van der Waals surface area contributed by atoms with Crippen LogP contribution >= 0.6 is 0 Å². The number of ether oxygens (including phenoxy) is 1. The molecule has 0 aliphatic rings. The monoisotopic (exact) mass is 271 g/mol. The molecule has 3 N–H and O–H groups in total. The Balaban J connectivity index is 2.67. The fourth-order valence-corrected chi connectivity index (χ4v) is 1.92. The maximum atomic E-state index is 11.8. The lowest BCUT2D eigenvalue weighted by Gasteiger charge is -2.09. The average molecular weight is 271 g/mol. The molecule has 20 heavy (non-hydrogen) atoms. The molecule has 1 heterocycles. The van der Waals surface area contributed by atoms with Gasteiger partial charge in [-0.15, -0.1) is 0 Å². The van der Waals surface area contributed by atoms with E-state index in [2.05, 4.69) is 0 Å². The Morgan fingerprint density at radius 2 is 2.30 bits per heavy atom. The van der Waals surface area contributed by atoms with E-state index >= 15 is 0 Å². The Bertz CT molecular complexity index is 698. The van der Waals surface area contributed by atoms with Gasteiger partial charge in [0, 0.05) is 11.9 Å². The van der Waals surface area contributed by atoms with E-state index in [0.29, 0.717) is 11.3 Å². The van der Waals surface area contributed by atoms with E-state index in [1.165, 1.54) is 17.9 Å². The lowest BCUT2D eigenvalue weighted by molar-refractivity contribution is 0.0593. The van der Waals surface area contributed by atoms with Crippen LogP contribution in [0.1, 0.15) is 21.6 Å². The van der Waals surface area contributed by atoms with Crippen molar-refractivity contribution in [1.82, 2.24) is 4.57 Å². The summed E-state index contributed by atoms with van der Waals surface area (Å²) in [7, 11) is 1.25. The fourth-order valence-electron chi connectivity index (χ4n) is 1.92. The summed E-state index contributed by atoms with van der Waals surface area (Å²) in [4.78, 5) is 11.8. The Morgan fingerprint density at radius 1 is 1.55 bits per heavy atom. The minimum atomic E-state index is -0.626. The first kappa shape index (κ1) is 13.6. The highest BCUT2D eigenvalue weighted by molar-refractivity contribution is 5.95. The average Bonchev–Trinajstić information content (AvgIpc) is 2.83. The maximum Gasteiger partial charge on any atom is 0.357 e. The Labute approximate surface area is 115 Å². The molecule has 6 heteroatoms. The minimum Gasteiger partial charge on any atom is -0.464 e. The van der Waals surface area contributed by atoms with Gasteiger partial charge in [0.2, 0.25) is 0 Å². The number of rotatable bonds is 3. The standard InChI is InChI=1S/C14H13N3O3/c1-20-14(19)13-12(16)10(6-15)7-17(13)11-4-2-3-9(5-11)8-18/h2-5,7,18H,8,16H2,1H3. The number of hydrogen-bond acceptors (Lipinski definition) is 5. The largest absolute Gasteiger partial charge is 0.464 e. The van der Waals surface area contributed by atoms with Crippen molar-refractivity contribution in [2.45, 2.75) is 6.61 Å². The second kappa shape index (κ2) is 5.47. The van der Waals surface area contributed by atoms with Crippen molar-refractivity contribution >= 4 is 11.7 Å². The number of nitrogens with two attached hydrogens (primary N) is 1. The molecule has 0 unspecified atom stereocenters. The summed E-state index contributed by atoms with van der Waals surface area (Å²) < 4.78 is 6.18. The van der Waals surface area contributed by atoms with Crippen LogP contribution in [0.4, 0.5) is 5.69 Å². The molecule has 6 nitrogen and oxygen atoms in total. The first-order valence-electron chi connectivity index (χ1n) is 5.81. The van der Waals surface area contributed by atoms with Crippen molar-refractivity contribution in [1.29, 1.82) is 5.26 Å². The number of aliphatic hydroxyl groups is 1. The molecule has 2 aromatic rings. The fraction of sp³-hybridized carbons (Fsp3) is 0.143. The topological polar surface area (TPSA) is 101 Å². The molecule has 0 saturated carbocycles. The SMILES string of the molecule is COC(=O)c1c(N)c(C#N)cn1-c1cccc(CO)c1. The van der Waals surface area contributed by atoms with Gasteiger partial charge in [0.15, 0.2) is 5.69 Å². The van der Waals surface area contributed by atoms with E-state index < -0.39 is 5.97 Å². The lowest BCUT2D eigenvalue weighted by Crippen LogP contribution is -2.11. The number of nitrogen functional groups attached to an aromatic ring is 1. The van der Waals surface area contributed by atoms with Crippen molar-refractivity contribution in [3.05, 3.63) is 47.3 Å². The van der Waals surface area contributed by atoms with Gasteiger partial charge in [0.25, 0.3) is 0 Å². The van der Waals surface area contributed by atoms with Gasteiger partial charge in [0.1, 0.15) is 6.07 Å². The highest BCUT2D eigenvalue weighted by Crippen LogP contribution is 2.25. The second-order valence-electron chi connectivity index (χ2n) is 4.11. The number of methoxy groups -OCH3 is 1. The van der Waals surface area contributed by atoms with Gasteiger partial charge in [-0.3, -0.25) is 0 Å². The zero-order chi connectivity index (χ0) is 14.7. The zero-order valence-corrected chi connectivity index (χ0v) is 10.8. The molecule has 1 aromatic carbocycles. The summed E-state index contributed by atoms with van der Waals surface area (Å²) in [6.07, 6.45) is 1.47. The van der Waals surface area contributed by atoms with Crippen LogP contribution in [0.3, 0.4) is 0 Å². The van der Waals surface area contributed by atoms with Gasteiger partial charge >= 0.3 is 5.97 Å². The normalized spacial score (nSPS) is 10.1. The molecule has 0 aliphatic carbocycles. The summed E-state index contributed by atoms with van der Waals surface area (Å²) in [5, 5.41) is 18.2. The third-order valence-electron chi connectivity index (χ3n) is 2.91. The highest BCUT2D eigenvalue weighted by Gasteiger charge is 2.21. The van der Waals surface area contributed by atoms with Gasteiger partial charge in [0.05, 0.1) is 25.0 Å². The van der Waals surface area contributed by atoms with E-state index in [0.717, 1.165) is 0 Å². The molecular weight excluding hydrogens is 258 g/mol. The molecule has 2 rings (SSSR count). The van der Waals surface area contributed by atoms with E-state index in [-0.39, 0.29) is 23.6 Å². The van der Waals surface area contributed by atoms with Crippen LogP contribution in [0.2, 0.25) is 0 Å². The van der Waals surface area contributed by atoms with Gasteiger partial charge in [-0.25, -0.2) is 4.79 Å². The van der Waals surface area contributed by atoms with Gasteiger partial charge in [-0.1, -0.05) is 12.1 Å². The number of benzene rings is 1. The van der Waals surface area contributed by atoms with Crippen molar-refractivity contribution in [3.63, 3.8) is 0 Å². The quantitative estimate of drug-likeness (QED) is 0.817. The molecule has 0 saturated heterocycles. The van der Waals surface area contributed by atoms with E-state index in [1.807, 2.05) is 6.07 Å². The predicted octanol–water partition coefficient (Wildman–Crippen LogP) is 1.21. The van der Waals surface area contributed by atoms with Crippen LogP contribution in [-0.4, -0.2) is 22.8 Å². The number of nitriles is 1. The van der Waals surface area contributed by atoms with Crippen LogP contribution in [0, 0.1) is 11.3 Å². The number of anilines is 1. The summed E-state index contributed by atoms with van der Waals surface area (Å²) in [5.74, 6) is -0.626. The van der Waals surface area contributed by atoms with Crippen LogP contribution in [0.5, 0.6) is 0 Å². The summed E-state index contributed by atoms with van der Waals surface area (Å²) in [6, 6.07) is 8.86. The highest BCUT2D eigenvalue weighted by atomic mass is 16.5. The third kappa shape index (κ3) is 2.22. The molecule has 102 valence electrons. The Hall–Kier alpha value is -2.78. The molecule has 0 bridgehead atoms. The minimum absolute atomic E-state index is 0.0775. The van der Waals surface area contributed by atoms with Crippen LogP contribution in [-0.2, 0) is 11.3 Å². The molecule has 0 aliphatic heterocycles. The van der Waals surface area contributed by atoms with Crippen molar-refractivity contribution in [2.75, 3.05) is 12.8 Å². The number of aliphatic hydroxyl groups excluding tert-OH is 1. The van der Waals surface area contributed by atoms with Gasteiger partial charge in [-0.2, -0.15) is 5.26 Å². The Morgan fingerprint density at radius 3 is 2.90 bits per heavy atom. The summed E-state index contributed by atoms with van der Waals surface area (Å²) >= 11 is 0. The number of aromatic nitrogens is 1. The molecule has 0 atom stereocenters. The first-order chi connectivity index (χ1) is 9.62. The maximum absolute atomic E-state index is 11.8. The first-order valence-corrected chi connectivity index (χ1v) is 5.81. The van der Waals surface area contributed by atoms with Gasteiger partial charge < -0.3 is 20.1 Å².